The van der Waals surface area contributed by atoms with Gasteiger partial charge in [0.05, 0.1) is 23.5 Å². The van der Waals surface area contributed by atoms with Gasteiger partial charge in [-0.2, -0.15) is 13.2 Å². The summed E-state index contributed by atoms with van der Waals surface area (Å²) in [4.78, 5) is 16.0. The maximum atomic E-state index is 12.8. The zero-order valence-electron chi connectivity index (χ0n) is 11.9. The zero-order chi connectivity index (χ0) is 16.1. The molecule has 2 aromatic rings. The van der Waals surface area contributed by atoms with Gasteiger partial charge in [-0.05, 0) is 31.5 Å². The quantitative estimate of drug-likeness (QED) is 0.758. The molecule has 1 unspecified atom stereocenters. The third-order valence-corrected chi connectivity index (χ3v) is 3.73. The maximum Gasteiger partial charge on any atom is 0.416 e. The van der Waals surface area contributed by atoms with Gasteiger partial charge in [0.1, 0.15) is 5.60 Å². The van der Waals surface area contributed by atoms with E-state index in [9.17, 15) is 18.0 Å². The molecular weight excluding hydrogens is 297 g/mol. The van der Waals surface area contributed by atoms with Crippen LogP contribution in [0.25, 0.3) is 0 Å². The van der Waals surface area contributed by atoms with Crippen LogP contribution in [-0.2, 0) is 10.9 Å². The van der Waals surface area contributed by atoms with E-state index in [1.54, 1.807) is 37.1 Å². The number of rotatable bonds is 1. The Hall–Kier alpha value is -2.31. The SMILES string of the molecule is CC1(C)OC(=O)c2cc(C(F)(F)F)ccc2C1n1ccnc1. The highest BCUT2D eigenvalue weighted by molar-refractivity contribution is 5.93. The summed E-state index contributed by atoms with van der Waals surface area (Å²) in [5, 5.41) is 0. The number of alkyl halides is 3. The van der Waals surface area contributed by atoms with Crippen molar-refractivity contribution in [1.29, 1.82) is 0 Å². The summed E-state index contributed by atoms with van der Waals surface area (Å²) in [5.41, 5.74) is -1.34. The standard InChI is InChI=1S/C15H13F3N2O2/c1-14(2)12(20-6-5-19-8-20)10-4-3-9(15(16,17)18)7-11(10)13(21)22-14/h3-8,12H,1-2H3. The fourth-order valence-corrected chi connectivity index (χ4v) is 2.81. The highest BCUT2D eigenvalue weighted by Crippen LogP contribution is 2.41. The Kier molecular flexibility index (Phi) is 3.05. The Balaban J connectivity index is 2.19. The molecule has 0 amide bonds. The van der Waals surface area contributed by atoms with Crippen molar-refractivity contribution >= 4 is 5.97 Å². The van der Waals surface area contributed by atoms with Gasteiger partial charge in [-0.15, -0.1) is 0 Å². The van der Waals surface area contributed by atoms with Crippen LogP contribution in [0.15, 0.2) is 36.9 Å². The van der Waals surface area contributed by atoms with Crippen LogP contribution in [0.3, 0.4) is 0 Å². The van der Waals surface area contributed by atoms with Crippen molar-refractivity contribution in [3.05, 3.63) is 53.6 Å². The molecule has 1 atom stereocenters. The first-order chi connectivity index (χ1) is 10.2. The molecule has 2 heterocycles. The second-order valence-electron chi connectivity index (χ2n) is 5.71. The van der Waals surface area contributed by atoms with Gasteiger partial charge >= 0.3 is 12.1 Å². The second kappa shape index (κ2) is 4.59. The molecule has 1 aromatic heterocycles. The number of carbonyl (C=O) groups is 1. The fraction of sp³-hybridized carbons (Fsp3) is 0.333. The van der Waals surface area contributed by atoms with Crippen molar-refractivity contribution in [2.75, 3.05) is 0 Å². The van der Waals surface area contributed by atoms with Crippen molar-refractivity contribution < 1.29 is 22.7 Å². The van der Waals surface area contributed by atoms with Gasteiger partial charge in [0, 0.05) is 12.4 Å². The molecular formula is C15H13F3N2O2. The average Bonchev–Trinajstić information content (AvgIpc) is 2.89. The smallest absolute Gasteiger partial charge is 0.416 e. The summed E-state index contributed by atoms with van der Waals surface area (Å²) in [6.45, 7) is 3.44. The van der Waals surface area contributed by atoms with Crippen molar-refractivity contribution in [2.45, 2.75) is 31.7 Å². The summed E-state index contributed by atoms with van der Waals surface area (Å²) in [7, 11) is 0. The van der Waals surface area contributed by atoms with Crippen LogP contribution in [-0.4, -0.2) is 21.1 Å². The largest absolute Gasteiger partial charge is 0.453 e. The topological polar surface area (TPSA) is 44.1 Å². The van der Waals surface area contributed by atoms with Crippen LogP contribution in [0.4, 0.5) is 13.2 Å². The molecule has 0 saturated heterocycles. The van der Waals surface area contributed by atoms with Gasteiger partial charge in [-0.25, -0.2) is 9.78 Å². The third-order valence-electron chi connectivity index (χ3n) is 3.73. The molecule has 0 bridgehead atoms. The van der Waals surface area contributed by atoms with Crippen molar-refractivity contribution in [3.8, 4) is 0 Å². The zero-order valence-corrected chi connectivity index (χ0v) is 11.9. The molecule has 1 aromatic carbocycles. The molecule has 0 aliphatic carbocycles. The van der Waals surface area contributed by atoms with Crippen LogP contribution in [0.5, 0.6) is 0 Å². The average molecular weight is 310 g/mol. The number of aromatic nitrogens is 2. The number of cyclic esters (lactones) is 1. The third kappa shape index (κ3) is 2.26. The summed E-state index contributed by atoms with van der Waals surface area (Å²) in [6, 6.07) is 2.73. The molecule has 0 saturated carbocycles. The fourth-order valence-electron chi connectivity index (χ4n) is 2.81. The number of benzene rings is 1. The Morgan fingerprint density at radius 2 is 2.05 bits per heavy atom. The molecule has 22 heavy (non-hydrogen) atoms. The van der Waals surface area contributed by atoms with E-state index < -0.39 is 29.4 Å². The van der Waals surface area contributed by atoms with E-state index in [0.717, 1.165) is 12.1 Å². The van der Waals surface area contributed by atoms with Gasteiger partial charge in [0.25, 0.3) is 0 Å². The Bertz CT molecular complexity index is 721. The van der Waals surface area contributed by atoms with Gasteiger partial charge in [0.15, 0.2) is 0 Å². The molecule has 4 nitrogen and oxygen atoms in total. The van der Waals surface area contributed by atoms with Crippen LogP contribution in [0, 0.1) is 0 Å². The summed E-state index contributed by atoms with van der Waals surface area (Å²) in [5.74, 6) is -0.748. The first-order valence-electron chi connectivity index (χ1n) is 6.62. The van der Waals surface area contributed by atoms with Crippen LogP contribution in [0.1, 0.15) is 41.4 Å². The van der Waals surface area contributed by atoms with E-state index in [1.165, 1.54) is 6.07 Å². The summed E-state index contributed by atoms with van der Waals surface area (Å²) in [6.07, 6.45) is 0.295. The van der Waals surface area contributed by atoms with Crippen LogP contribution >= 0.6 is 0 Å². The first-order valence-corrected chi connectivity index (χ1v) is 6.62. The van der Waals surface area contributed by atoms with E-state index in [2.05, 4.69) is 4.98 Å². The number of esters is 1. The van der Waals surface area contributed by atoms with Crippen LogP contribution in [0.2, 0.25) is 0 Å². The number of carbonyl (C=O) groups excluding carboxylic acids is 1. The molecule has 0 N–H and O–H groups in total. The number of imidazole rings is 1. The predicted octanol–water partition coefficient (Wildman–Crippen LogP) is 3.44. The molecule has 0 fully saturated rings. The minimum Gasteiger partial charge on any atom is -0.453 e. The summed E-state index contributed by atoms with van der Waals surface area (Å²) >= 11 is 0. The van der Waals surface area contributed by atoms with Crippen molar-refractivity contribution in [3.63, 3.8) is 0 Å². The lowest BCUT2D eigenvalue weighted by atomic mass is 9.85. The van der Waals surface area contributed by atoms with Gasteiger partial charge in [0.2, 0.25) is 0 Å². The molecule has 0 radical (unpaired) electrons. The molecule has 3 rings (SSSR count). The molecule has 116 valence electrons. The lowest BCUT2D eigenvalue weighted by Gasteiger charge is -2.39. The van der Waals surface area contributed by atoms with E-state index in [0.29, 0.717) is 5.56 Å². The Morgan fingerprint density at radius 3 is 2.64 bits per heavy atom. The van der Waals surface area contributed by atoms with Crippen molar-refractivity contribution in [2.24, 2.45) is 0 Å². The Labute approximate surface area is 124 Å². The summed E-state index contributed by atoms with van der Waals surface area (Å²) < 4.78 is 45.6. The number of hydrogen-bond donors (Lipinski definition) is 0. The number of nitrogens with zero attached hydrogens (tertiary/aromatic N) is 2. The monoisotopic (exact) mass is 310 g/mol. The molecule has 1 aliphatic rings. The number of ether oxygens (including phenoxy) is 1. The van der Waals surface area contributed by atoms with Crippen LogP contribution < -0.4 is 0 Å². The minimum absolute atomic E-state index is 0.0622. The Morgan fingerprint density at radius 1 is 1.32 bits per heavy atom. The van der Waals surface area contributed by atoms with Gasteiger partial charge in [-0.3, -0.25) is 0 Å². The van der Waals surface area contributed by atoms with Crippen molar-refractivity contribution in [1.82, 2.24) is 9.55 Å². The number of halogens is 3. The first kappa shape index (κ1) is 14.6. The highest BCUT2D eigenvalue weighted by Gasteiger charge is 2.44. The maximum absolute atomic E-state index is 12.8. The number of hydrogen-bond acceptors (Lipinski definition) is 3. The highest BCUT2D eigenvalue weighted by atomic mass is 19.4. The van der Waals surface area contributed by atoms with Gasteiger partial charge < -0.3 is 9.30 Å². The molecule has 1 aliphatic heterocycles. The molecule has 7 heteroatoms. The predicted molar refractivity (Wildman–Crippen MR) is 71.3 cm³/mol. The van der Waals surface area contributed by atoms with E-state index in [-0.39, 0.29) is 5.56 Å². The normalized spacial score (nSPS) is 20.4. The number of fused-ring (bicyclic) bond motifs is 1. The van der Waals surface area contributed by atoms with E-state index in [1.807, 2.05) is 0 Å². The lowest BCUT2D eigenvalue weighted by Crippen LogP contribution is -2.43. The lowest BCUT2D eigenvalue weighted by molar-refractivity contribution is -0.137. The molecule has 0 spiro atoms. The second-order valence-corrected chi connectivity index (χ2v) is 5.71. The van der Waals surface area contributed by atoms with Gasteiger partial charge in [-0.1, -0.05) is 6.07 Å². The minimum atomic E-state index is -4.51. The van der Waals surface area contributed by atoms with E-state index >= 15 is 0 Å². The van der Waals surface area contributed by atoms with E-state index in [4.69, 9.17) is 4.74 Å².